The lowest BCUT2D eigenvalue weighted by Crippen LogP contribution is -2.41. The molecule has 0 fully saturated rings. The maximum atomic E-state index is 12.8. The molecule has 132 valence electrons. The molecule has 0 spiro atoms. The summed E-state index contributed by atoms with van der Waals surface area (Å²) in [6, 6.07) is 11.4. The summed E-state index contributed by atoms with van der Waals surface area (Å²) in [5.41, 5.74) is 3.58. The first-order valence-electron chi connectivity index (χ1n) is 8.54. The van der Waals surface area contributed by atoms with Gasteiger partial charge in [0.2, 0.25) is 0 Å². The molecule has 1 N–H and O–H groups in total. The van der Waals surface area contributed by atoms with Crippen molar-refractivity contribution in [3.05, 3.63) is 58.7 Å². The summed E-state index contributed by atoms with van der Waals surface area (Å²) in [6.45, 7) is 8.13. The highest BCUT2D eigenvalue weighted by molar-refractivity contribution is 5.94. The van der Waals surface area contributed by atoms with Crippen LogP contribution in [0.25, 0.3) is 0 Å². The summed E-state index contributed by atoms with van der Waals surface area (Å²) in [4.78, 5) is 12.8. The van der Waals surface area contributed by atoms with E-state index in [0.717, 1.165) is 22.6 Å². The van der Waals surface area contributed by atoms with E-state index in [9.17, 15) is 4.79 Å². The number of hydrogen-bond acceptors (Lipinski definition) is 3. The van der Waals surface area contributed by atoms with Crippen molar-refractivity contribution in [3.63, 3.8) is 0 Å². The summed E-state index contributed by atoms with van der Waals surface area (Å²) in [5.74, 6) is 1.48. The first-order valence-corrected chi connectivity index (χ1v) is 8.54. The van der Waals surface area contributed by atoms with Crippen molar-refractivity contribution in [3.8, 4) is 11.5 Å². The molecule has 1 amide bonds. The molecule has 1 atom stereocenters. The average Bonchev–Trinajstić information content (AvgIpc) is 2.56. The molecule has 0 aromatic heterocycles. The normalized spacial score (nSPS) is 18.0. The molecule has 4 nitrogen and oxygen atoms in total. The fraction of sp³-hybridized carbons (Fsp3) is 0.381. The molecular weight excluding hydrogens is 314 g/mol. The summed E-state index contributed by atoms with van der Waals surface area (Å²) in [6.07, 6.45) is 0.698. The van der Waals surface area contributed by atoms with E-state index in [1.165, 1.54) is 5.56 Å². The van der Waals surface area contributed by atoms with Gasteiger partial charge in [0.15, 0.2) is 0 Å². The highest BCUT2D eigenvalue weighted by Gasteiger charge is 2.35. The first kappa shape index (κ1) is 17.3. The topological polar surface area (TPSA) is 47.6 Å². The van der Waals surface area contributed by atoms with Gasteiger partial charge in [-0.3, -0.25) is 4.79 Å². The highest BCUT2D eigenvalue weighted by Crippen LogP contribution is 2.41. The molecule has 1 heterocycles. The van der Waals surface area contributed by atoms with Crippen molar-refractivity contribution < 1.29 is 14.3 Å². The molecule has 1 aliphatic heterocycles. The van der Waals surface area contributed by atoms with Crippen molar-refractivity contribution in [1.29, 1.82) is 0 Å². The Labute approximate surface area is 149 Å². The Morgan fingerprint density at radius 3 is 2.60 bits per heavy atom. The molecule has 1 aliphatic rings. The van der Waals surface area contributed by atoms with E-state index in [1.54, 1.807) is 7.11 Å². The zero-order chi connectivity index (χ0) is 18.2. The smallest absolute Gasteiger partial charge is 0.251 e. The van der Waals surface area contributed by atoms with E-state index in [0.29, 0.717) is 12.0 Å². The molecule has 0 unspecified atom stereocenters. The standard InChI is InChI=1S/C21H25NO3/c1-13-6-7-15(10-14(13)2)20(23)22-18-12-21(3,4)25-19-9-8-16(24-5)11-17(18)19/h6-11,18H,12H2,1-5H3,(H,22,23)/t18-/m1/s1. The first-order chi connectivity index (χ1) is 11.8. The predicted octanol–water partition coefficient (Wildman–Crippen LogP) is 4.34. The molecule has 0 saturated heterocycles. The van der Waals surface area contributed by atoms with Crippen LogP contribution in [0.1, 0.15) is 53.4 Å². The van der Waals surface area contributed by atoms with Crippen molar-refractivity contribution in [2.24, 2.45) is 0 Å². The van der Waals surface area contributed by atoms with Gasteiger partial charge < -0.3 is 14.8 Å². The zero-order valence-corrected chi connectivity index (χ0v) is 15.5. The monoisotopic (exact) mass is 339 g/mol. The Kier molecular flexibility index (Phi) is 4.46. The van der Waals surface area contributed by atoms with Gasteiger partial charge in [0.1, 0.15) is 17.1 Å². The van der Waals surface area contributed by atoms with Gasteiger partial charge in [0.05, 0.1) is 13.2 Å². The van der Waals surface area contributed by atoms with Gasteiger partial charge in [0, 0.05) is 17.5 Å². The fourth-order valence-corrected chi connectivity index (χ4v) is 3.21. The molecule has 25 heavy (non-hydrogen) atoms. The van der Waals surface area contributed by atoms with Crippen LogP contribution in [0.4, 0.5) is 0 Å². The summed E-state index contributed by atoms with van der Waals surface area (Å²) in [5, 5.41) is 3.17. The van der Waals surface area contributed by atoms with E-state index < -0.39 is 0 Å². The van der Waals surface area contributed by atoms with Crippen LogP contribution in [0, 0.1) is 13.8 Å². The van der Waals surface area contributed by atoms with Crippen molar-refractivity contribution in [2.45, 2.75) is 45.8 Å². The molecule has 3 rings (SSSR count). The van der Waals surface area contributed by atoms with Gasteiger partial charge in [-0.2, -0.15) is 0 Å². The number of ether oxygens (including phenoxy) is 2. The molecule has 2 aromatic carbocycles. The van der Waals surface area contributed by atoms with Gasteiger partial charge in [-0.25, -0.2) is 0 Å². The van der Waals surface area contributed by atoms with Crippen LogP contribution >= 0.6 is 0 Å². The number of nitrogens with one attached hydrogen (secondary N) is 1. The average molecular weight is 339 g/mol. The van der Waals surface area contributed by atoms with E-state index in [4.69, 9.17) is 9.47 Å². The van der Waals surface area contributed by atoms with Crippen molar-refractivity contribution >= 4 is 5.91 Å². The van der Waals surface area contributed by atoms with E-state index in [-0.39, 0.29) is 17.6 Å². The number of amides is 1. The lowest BCUT2D eigenvalue weighted by atomic mass is 9.89. The maximum absolute atomic E-state index is 12.8. The number of aryl methyl sites for hydroxylation is 2. The number of benzene rings is 2. The van der Waals surface area contributed by atoms with Gasteiger partial charge in [-0.05, 0) is 69.2 Å². The van der Waals surface area contributed by atoms with Crippen LogP contribution in [0.2, 0.25) is 0 Å². The van der Waals surface area contributed by atoms with Gasteiger partial charge in [-0.15, -0.1) is 0 Å². The molecule has 4 heteroatoms. The minimum atomic E-state index is -0.345. The van der Waals surface area contributed by atoms with E-state index >= 15 is 0 Å². The zero-order valence-electron chi connectivity index (χ0n) is 15.5. The van der Waals surface area contributed by atoms with E-state index in [2.05, 4.69) is 5.32 Å². The van der Waals surface area contributed by atoms with Gasteiger partial charge >= 0.3 is 0 Å². The third-order valence-corrected chi connectivity index (χ3v) is 4.75. The number of carbonyl (C=O) groups excluding carboxylic acids is 1. The van der Waals surface area contributed by atoms with Gasteiger partial charge in [0.25, 0.3) is 5.91 Å². The molecule has 0 radical (unpaired) electrons. The summed E-state index contributed by atoms with van der Waals surface area (Å²) >= 11 is 0. The molecular formula is C21H25NO3. The van der Waals surface area contributed by atoms with Gasteiger partial charge in [-0.1, -0.05) is 6.07 Å². The number of carbonyl (C=O) groups is 1. The third kappa shape index (κ3) is 3.63. The maximum Gasteiger partial charge on any atom is 0.251 e. The molecule has 0 aliphatic carbocycles. The SMILES string of the molecule is COc1ccc2c(c1)[C@H](NC(=O)c1ccc(C)c(C)c1)CC(C)(C)O2. The molecule has 0 bridgehead atoms. The summed E-state index contributed by atoms with van der Waals surface area (Å²) < 4.78 is 11.4. The Bertz CT molecular complexity index is 811. The second-order valence-electron chi connectivity index (χ2n) is 7.29. The van der Waals surface area contributed by atoms with Crippen LogP contribution in [-0.4, -0.2) is 18.6 Å². The lowest BCUT2D eigenvalue weighted by Gasteiger charge is -2.38. The quantitative estimate of drug-likeness (QED) is 0.904. The highest BCUT2D eigenvalue weighted by atomic mass is 16.5. The van der Waals surface area contributed by atoms with Crippen molar-refractivity contribution in [1.82, 2.24) is 5.32 Å². The largest absolute Gasteiger partial charge is 0.497 e. The lowest BCUT2D eigenvalue weighted by molar-refractivity contribution is 0.0618. The Morgan fingerprint density at radius 1 is 1.16 bits per heavy atom. The second kappa shape index (κ2) is 6.43. The third-order valence-electron chi connectivity index (χ3n) is 4.75. The minimum Gasteiger partial charge on any atom is -0.497 e. The van der Waals surface area contributed by atoms with Crippen LogP contribution in [-0.2, 0) is 0 Å². The second-order valence-corrected chi connectivity index (χ2v) is 7.29. The fourth-order valence-electron chi connectivity index (χ4n) is 3.21. The summed E-state index contributed by atoms with van der Waals surface area (Å²) in [7, 11) is 1.64. The molecule has 0 saturated carbocycles. The number of methoxy groups -OCH3 is 1. The van der Waals surface area contributed by atoms with Crippen LogP contribution in [0.5, 0.6) is 11.5 Å². The molecule has 2 aromatic rings. The minimum absolute atomic E-state index is 0.0698. The Morgan fingerprint density at radius 2 is 1.92 bits per heavy atom. The van der Waals surface area contributed by atoms with E-state index in [1.807, 2.05) is 64.1 Å². The number of hydrogen-bond donors (Lipinski definition) is 1. The predicted molar refractivity (Wildman–Crippen MR) is 98.4 cm³/mol. The van der Waals surface area contributed by atoms with Crippen LogP contribution < -0.4 is 14.8 Å². The van der Waals surface area contributed by atoms with Crippen LogP contribution in [0.3, 0.4) is 0 Å². The Hall–Kier alpha value is -2.49. The Balaban J connectivity index is 1.91. The number of rotatable bonds is 3. The van der Waals surface area contributed by atoms with Crippen molar-refractivity contribution in [2.75, 3.05) is 7.11 Å². The van der Waals surface area contributed by atoms with Crippen LogP contribution in [0.15, 0.2) is 36.4 Å². The number of fused-ring (bicyclic) bond motifs is 1.